The van der Waals surface area contributed by atoms with Gasteiger partial charge in [-0.3, -0.25) is 23.0 Å². The number of rotatable bonds is 19. The Hall–Kier alpha value is -5.60. The molecule has 63 heavy (non-hydrogen) atoms. The maximum atomic E-state index is 14.0. The van der Waals surface area contributed by atoms with Gasteiger partial charge in [0.05, 0.1) is 31.3 Å². The number of aliphatic hydroxyl groups is 1. The maximum Gasteiger partial charge on any atom is 0.469 e. The molecule has 2 fully saturated rings. The second-order valence-electron chi connectivity index (χ2n) is 14.1. The summed E-state index contributed by atoms with van der Waals surface area (Å²) < 4.78 is 60.5. The van der Waals surface area contributed by atoms with Crippen LogP contribution in [0.1, 0.15) is 43.7 Å². The van der Waals surface area contributed by atoms with Crippen LogP contribution in [-0.2, 0) is 48.5 Å². The largest absolute Gasteiger partial charge is 0.469 e. The molecule has 0 bridgehead atoms. The van der Waals surface area contributed by atoms with E-state index in [0.717, 1.165) is 10.9 Å². The van der Waals surface area contributed by atoms with E-state index in [1.54, 1.807) is 24.3 Å². The van der Waals surface area contributed by atoms with Crippen LogP contribution in [0.4, 0.5) is 22.1 Å². The molecule has 5 heterocycles. The number of nitrogen functional groups attached to an aromatic ring is 2. The number of benzene rings is 1. The summed E-state index contributed by atoms with van der Waals surface area (Å²) in [5.41, 5.74) is 25.1. The molecular formula is C33H43N13O15P2. The number of carbonyl (C=O) groups is 2. The van der Waals surface area contributed by atoms with Gasteiger partial charge in [-0.15, -0.1) is 0 Å². The summed E-state index contributed by atoms with van der Waals surface area (Å²) in [5.74, 6) is -1.09. The number of phosphoric acid groups is 1. The Labute approximate surface area is 355 Å². The average molecular weight is 924 g/mol. The van der Waals surface area contributed by atoms with Crippen LogP contribution in [0.3, 0.4) is 0 Å². The second kappa shape index (κ2) is 20.3. The number of esters is 1. The van der Waals surface area contributed by atoms with Crippen molar-refractivity contribution in [3.63, 3.8) is 0 Å². The molecule has 11 N–H and O–H groups in total. The Morgan fingerprint density at radius 1 is 1.03 bits per heavy atom. The fourth-order valence-electron chi connectivity index (χ4n) is 6.69. The molecule has 1 aromatic carbocycles. The smallest absolute Gasteiger partial charge is 0.455 e. The Morgan fingerprint density at radius 2 is 1.78 bits per heavy atom. The highest BCUT2D eigenvalue weighted by Crippen LogP contribution is 2.56. The maximum absolute atomic E-state index is 14.0. The van der Waals surface area contributed by atoms with Crippen molar-refractivity contribution >= 4 is 56.0 Å². The molecule has 2 aliphatic heterocycles. The highest BCUT2D eigenvalue weighted by atomic mass is 31.2. The predicted molar refractivity (Wildman–Crippen MR) is 214 cm³/mol. The number of hydrogen-bond acceptors (Lipinski definition) is 20. The monoisotopic (exact) mass is 923 g/mol. The normalized spacial score (nSPS) is 23.7. The Balaban J connectivity index is 1.09. The van der Waals surface area contributed by atoms with Crippen molar-refractivity contribution in [1.82, 2.24) is 34.4 Å². The summed E-state index contributed by atoms with van der Waals surface area (Å²) in [4.78, 5) is 86.6. The van der Waals surface area contributed by atoms with Gasteiger partial charge in [0.1, 0.15) is 48.7 Å². The number of nitrogens with two attached hydrogens (primary N) is 3. The van der Waals surface area contributed by atoms with Gasteiger partial charge in [0.15, 0.2) is 23.8 Å². The molecule has 0 spiro atoms. The van der Waals surface area contributed by atoms with Crippen molar-refractivity contribution in [3.8, 4) is 0 Å². The summed E-state index contributed by atoms with van der Waals surface area (Å²) in [6.07, 6.45) is -5.64. The van der Waals surface area contributed by atoms with Gasteiger partial charge in [-0.1, -0.05) is 29.4 Å². The third-order valence-electron chi connectivity index (χ3n) is 9.82. The molecule has 340 valence electrons. The van der Waals surface area contributed by atoms with E-state index in [2.05, 4.69) is 39.8 Å². The fraction of sp³-hybridized carbons (Fsp3) is 0.485. The minimum atomic E-state index is -5.11. The van der Waals surface area contributed by atoms with Gasteiger partial charge in [-0.05, 0) is 36.4 Å². The zero-order chi connectivity index (χ0) is 45.5. The number of imidazole rings is 1. The number of aliphatic hydroxyl groups excluding tert-OH is 1. The van der Waals surface area contributed by atoms with Gasteiger partial charge < -0.3 is 65.8 Å². The molecule has 4 aromatic rings. The highest BCUT2D eigenvalue weighted by molar-refractivity contribution is 7.53. The number of alkyl carbamates (subject to hydrolysis) is 1. The van der Waals surface area contributed by atoms with Gasteiger partial charge in [-0.25, -0.2) is 29.1 Å². The van der Waals surface area contributed by atoms with Crippen LogP contribution < -0.4 is 28.2 Å². The number of hydrogen-bond donors (Lipinski definition) is 8. The third-order valence-corrected chi connectivity index (χ3v) is 12.2. The summed E-state index contributed by atoms with van der Waals surface area (Å²) >= 11 is 0. The van der Waals surface area contributed by atoms with Crippen LogP contribution in [0.15, 0.2) is 59.1 Å². The number of anilines is 2. The van der Waals surface area contributed by atoms with Crippen LogP contribution in [0, 0.1) is 0 Å². The SMILES string of the molecule is [N-]=[N+]=Nc1ccc(COC(=O)NCCCC[C@H](N)C(=O)O[C@H]2[C@@H](O)[C@H](n3cnc4c(N)ncnc43)O[C@@H]2COP(=O)(O)[C@H]2C[C@H](n3ccc(N)nc3=O)O[C@@H]2COP(=O)(O)O)cc1. The lowest BCUT2D eigenvalue weighted by Gasteiger charge is -2.26. The van der Waals surface area contributed by atoms with Gasteiger partial charge in [0.25, 0.3) is 0 Å². The van der Waals surface area contributed by atoms with Crippen molar-refractivity contribution in [2.45, 2.75) is 80.9 Å². The predicted octanol–water partition coefficient (Wildman–Crippen LogP) is 0.751. The lowest BCUT2D eigenvalue weighted by Crippen LogP contribution is -2.43. The molecular weight excluding hydrogens is 880 g/mol. The molecule has 1 unspecified atom stereocenters. The van der Waals surface area contributed by atoms with E-state index in [1.165, 1.54) is 23.2 Å². The quantitative estimate of drug-likeness (QED) is 0.0161. The molecule has 6 rings (SSSR count). The number of aromatic nitrogens is 6. The van der Waals surface area contributed by atoms with Crippen LogP contribution >= 0.6 is 15.4 Å². The Bertz CT molecular complexity index is 2470. The van der Waals surface area contributed by atoms with Gasteiger partial charge in [0, 0.05) is 29.8 Å². The minimum absolute atomic E-state index is 0.00925. The second-order valence-corrected chi connectivity index (χ2v) is 17.4. The first kappa shape index (κ1) is 46.9. The number of phosphoric ester groups is 1. The molecule has 9 atom stereocenters. The number of azide groups is 1. The average Bonchev–Trinajstić information content (AvgIpc) is 3.95. The Kier molecular flexibility index (Phi) is 15.1. The van der Waals surface area contributed by atoms with Crippen LogP contribution in [0.2, 0.25) is 0 Å². The molecule has 0 saturated carbocycles. The van der Waals surface area contributed by atoms with E-state index in [9.17, 15) is 43.3 Å². The van der Waals surface area contributed by atoms with E-state index < -0.39 is 101 Å². The first-order chi connectivity index (χ1) is 29.9. The van der Waals surface area contributed by atoms with Crippen molar-refractivity contribution in [1.29, 1.82) is 0 Å². The van der Waals surface area contributed by atoms with Crippen molar-refractivity contribution in [2.75, 3.05) is 31.2 Å². The molecule has 30 heteroatoms. The summed E-state index contributed by atoms with van der Waals surface area (Å²) in [6.45, 7) is -1.58. The van der Waals surface area contributed by atoms with Gasteiger partial charge >= 0.3 is 33.2 Å². The van der Waals surface area contributed by atoms with E-state index >= 15 is 0 Å². The number of amides is 1. The molecule has 2 aliphatic rings. The number of unbranched alkanes of at least 4 members (excludes halogenated alkanes) is 1. The van der Waals surface area contributed by atoms with Gasteiger partial charge in [-0.2, -0.15) is 4.98 Å². The van der Waals surface area contributed by atoms with Crippen molar-refractivity contribution < 1.29 is 66.5 Å². The summed E-state index contributed by atoms with van der Waals surface area (Å²) in [5, 5.41) is 17.6. The third kappa shape index (κ3) is 11.9. The van der Waals surface area contributed by atoms with E-state index in [-0.39, 0.29) is 42.4 Å². The first-order valence-electron chi connectivity index (χ1n) is 18.9. The number of fused-ring (bicyclic) bond motifs is 1. The van der Waals surface area contributed by atoms with Crippen molar-refractivity contribution in [3.05, 3.63) is 75.7 Å². The molecule has 1 amide bonds. The number of ether oxygens (including phenoxy) is 4. The number of carbonyl (C=O) groups excluding carboxylic acids is 2. The highest BCUT2D eigenvalue weighted by Gasteiger charge is 2.52. The summed E-state index contributed by atoms with van der Waals surface area (Å²) in [6, 6.07) is 6.45. The van der Waals surface area contributed by atoms with Crippen LogP contribution in [0.25, 0.3) is 21.6 Å². The number of nitrogens with zero attached hydrogens (tertiary/aromatic N) is 9. The Morgan fingerprint density at radius 3 is 2.49 bits per heavy atom. The lowest BCUT2D eigenvalue weighted by molar-refractivity contribution is -0.158. The molecule has 3 aromatic heterocycles. The fourth-order valence-corrected chi connectivity index (χ4v) is 8.60. The van der Waals surface area contributed by atoms with Crippen LogP contribution in [-0.4, -0.2) is 117 Å². The van der Waals surface area contributed by atoms with Crippen LogP contribution in [0.5, 0.6) is 0 Å². The van der Waals surface area contributed by atoms with Gasteiger partial charge in [0.2, 0.25) is 0 Å². The number of nitrogens with one attached hydrogen (secondary N) is 1. The van der Waals surface area contributed by atoms with E-state index in [4.69, 9.17) is 46.2 Å². The zero-order valence-electron chi connectivity index (χ0n) is 32.8. The topological polar surface area (TPSA) is 422 Å². The minimum Gasteiger partial charge on any atom is -0.455 e. The molecule has 0 radical (unpaired) electrons. The van der Waals surface area contributed by atoms with E-state index in [0.29, 0.717) is 24.1 Å². The molecule has 2 saturated heterocycles. The van der Waals surface area contributed by atoms with E-state index in [1.807, 2.05) is 0 Å². The first-order valence-corrected chi connectivity index (χ1v) is 22.1. The molecule has 28 nitrogen and oxygen atoms in total. The standard InChI is InChI=1S/C33H43N13O15P2/c34-19(3-1-2-9-38-33(50)56-12-17-4-6-18(7-5-17)43-44-37)31(48)61-27-21(60-30(26(27)47)46-16-41-25-28(36)39-15-40-29(25)46)14-57-62(51,52)22-11-24(45-10-8-23(35)42-32(45)49)59-20(22)13-58-63(53,54)55/h4-8,10,15-16,19-22,24,26-27,30,47H,1-3,9,11-14,34H2,(H,38,50)(H,51,52)(H2,35,42,49)(H2,36,39,40)(H2,53,54,55)/t19-,20+,21+,22-,24+,26+,27+,30+/m0/s1. The molecule has 0 aliphatic carbocycles. The van der Waals surface area contributed by atoms with Crippen molar-refractivity contribution in [2.24, 2.45) is 10.8 Å². The zero-order valence-corrected chi connectivity index (χ0v) is 34.6. The lowest BCUT2D eigenvalue weighted by atomic mass is 10.1. The summed E-state index contributed by atoms with van der Waals surface area (Å²) in [7, 11) is -10.1.